The quantitative estimate of drug-likeness (QED) is 0.384. The summed E-state index contributed by atoms with van der Waals surface area (Å²) in [7, 11) is 0. The van der Waals surface area contributed by atoms with Gasteiger partial charge in [-0.25, -0.2) is 4.98 Å². The number of carbonyl (C=O) groups is 1. The summed E-state index contributed by atoms with van der Waals surface area (Å²) in [5, 5.41) is 7.01. The van der Waals surface area contributed by atoms with Crippen molar-refractivity contribution in [3.8, 4) is 11.3 Å². The number of halogens is 6. The molecule has 0 atom stereocenters. The number of fused-ring (bicyclic) bond motifs is 1. The maximum atomic E-state index is 13.7. The molecule has 2 heterocycles. The Balaban J connectivity index is 1.79. The second-order valence-electron chi connectivity index (χ2n) is 6.26. The minimum atomic E-state index is -4.78. The van der Waals surface area contributed by atoms with Gasteiger partial charge in [0.25, 0.3) is 11.7 Å². The normalized spacial score (nSPS) is 11.7. The van der Waals surface area contributed by atoms with Gasteiger partial charge >= 0.3 is 6.18 Å². The number of amides is 1. The molecule has 1 amide bonds. The number of hydrogen-bond acceptors (Lipinski definition) is 4. The molecule has 2 aromatic carbocycles. The Morgan fingerprint density at radius 2 is 1.61 bits per heavy atom. The highest BCUT2D eigenvalue weighted by Gasteiger charge is 2.36. The van der Waals surface area contributed by atoms with Gasteiger partial charge in [0.15, 0.2) is 5.69 Å². The molecule has 0 fully saturated rings. The highest BCUT2D eigenvalue weighted by Crippen LogP contribution is 2.32. The molecule has 0 unspecified atom stereocenters. The maximum Gasteiger partial charge on any atom is 0.433 e. The van der Waals surface area contributed by atoms with Crippen molar-refractivity contribution in [2.45, 2.75) is 6.18 Å². The number of nitrogens with zero attached hydrogens (tertiary/aromatic N) is 4. The summed E-state index contributed by atoms with van der Waals surface area (Å²) in [6, 6.07) is 11.3. The summed E-state index contributed by atoms with van der Waals surface area (Å²) in [5.74, 6) is -1.81. The van der Waals surface area contributed by atoms with Crippen molar-refractivity contribution in [3.63, 3.8) is 0 Å². The van der Waals surface area contributed by atoms with Gasteiger partial charge in [0.2, 0.25) is 5.82 Å². The largest absolute Gasteiger partial charge is 0.433 e. The molecule has 0 aliphatic heterocycles. The second-order valence-corrected chi connectivity index (χ2v) is 7.54. The molecular weight excluding hydrogens is 478 g/mol. The van der Waals surface area contributed by atoms with E-state index >= 15 is 0 Å². The number of nitrogens with one attached hydrogen (secondary N) is 1. The lowest BCUT2D eigenvalue weighted by atomic mass is 10.1. The van der Waals surface area contributed by atoms with Gasteiger partial charge in [-0.05, 0) is 36.4 Å². The topological polar surface area (TPSA) is 72.2 Å². The molecule has 0 bridgehead atoms. The van der Waals surface area contributed by atoms with Crippen LogP contribution in [0.2, 0.25) is 15.1 Å². The summed E-state index contributed by atoms with van der Waals surface area (Å²) >= 11 is 17.7. The van der Waals surface area contributed by atoms with Gasteiger partial charge in [0.1, 0.15) is 0 Å². The molecule has 158 valence electrons. The molecule has 6 nitrogen and oxygen atoms in total. The van der Waals surface area contributed by atoms with Crippen molar-refractivity contribution < 1.29 is 18.0 Å². The van der Waals surface area contributed by atoms with E-state index in [4.69, 9.17) is 34.8 Å². The Morgan fingerprint density at radius 1 is 0.935 bits per heavy atom. The fourth-order valence-electron chi connectivity index (χ4n) is 2.71. The van der Waals surface area contributed by atoms with Gasteiger partial charge in [0.05, 0.1) is 16.4 Å². The zero-order chi connectivity index (χ0) is 22.3. The first kappa shape index (κ1) is 21.4. The lowest BCUT2D eigenvalue weighted by molar-refractivity contribution is -0.142. The Labute approximate surface area is 187 Å². The SMILES string of the molecule is O=C(Nc1cc(Cl)ccc1Cl)c1nc2nc(-c3ccc(Cl)cc3)cc(C(F)(F)F)n2n1. The van der Waals surface area contributed by atoms with Gasteiger partial charge in [0, 0.05) is 15.6 Å². The number of anilines is 1. The fourth-order valence-corrected chi connectivity index (χ4v) is 3.17. The standard InChI is InChI=1S/C19H9Cl3F3N5O/c20-10-3-1-9(2-4-10)13-8-15(19(23,24)25)30-18(27-13)28-16(29-30)17(31)26-14-7-11(21)5-6-12(14)22/h1-8H,(H,26,31). The first-order valence-electron chi connectivity index (χ1n) is 8.49. The molecule has 0 saturated carbocycles. The highest BCUT2D eigenvalue weighted by atomic mass is 35.5. The van der Waals surface area contributed by atoms with E-state index in [0.717, 1.165) is 6.07 Å². The summed E-state index contributed by atoms with van der Waals surface area (Å²) in [6.07, 6.45) is -4.78. The van der Waals surface area contributed by atoms with Crippen molar-refractivity contribution in [2.24, 2.45) is 0 Å². The molecule has 0 spiro atoms. The Morgan fingerprint density at radius 3 is 2.29 bits per heavy atom. The van der Waals surface area contributed by atoms with E-state index in [2.05, 4.69) is 20.4 Å². The van der Waals surface area contributed by atoms with E-state index in [1.807, 2.05) is 0 Å². The average Bonchev–Trinajstić information content (AvgIpc) is 3.14. The summed E-state index contributed by atoms with van der Waals surface area (Å²) in [4.78, 5) is 20.5. The van der Waals surface area contributed by atoms with Crippen LogP contribution in [-0.2, 0) is 6.18 Å². The number of carbonyl (C=O) groups excluding carboxylic acids is 1. The van der Waals surface area contributed by atoms with Gasteiger partial charge in [-0.1, -0.05) is 46.9 Å². The van der Waals surface area contributed by atoms with E-state index in [0.29, 0.717) is 20.1 Å². The third-order valence-electron chi connectivity index (χ3n) is 4.12. The second kappa shape index (κ2) is 7.99. The van der Waals surface area contributed by atoms with E-state index in [9.17, 15) is 18.0 Å². The van der Waals surface area contributed by atoms with Crippen LogP contribution in [-0.4, -0.2) is 25.5 Å². The summed E-state index contributed by atoms with van der Waals surface area (Å²) < 4.78 is 41.5. The van der Waals surface area contributed by atoms with Gasteiger partial charge in [-0.15, -0.1) is 5.10 Å². The minimum Gasteiger partial charge on any atom is -0.318 e. The average molecular weight is 487 g/mol. The zero-order valence-electron chi connectivity index (χ0n) is 15.1. The van der Waals surface area contributed by atoms with Crippen LogP contribution in [0.5, 0.6) is 0 Å². The van der Waals surface area contributed by atoms with Crippen LogP contribution in [0, 0.1) is 0 Å². The third-order valence-corrected chi connectivity index (χ3v) is 4.94. The van der Waals surface area contributed by atoms with Crippen LogP contribution in [0.15, 0.2) is 48.5 Å². The minimum absolute atomic E-state index is 0.00580. The van der Waals surface area contributed by atoms with Gasteiger partial charge in [-0.2, -0.15) is 22.7 Å². The van der Waals surface area contributed by atoms with Crippen molar-refractivity contribution >= 4 is 52.2 Å². The van der Waals surface area contributed by atoms with Crippen molar-refractivity contribution in [2.75, 3.05) is 5.32 Å². The predicted molar refractivity (Wildman–Crippen MR) is 111 cm³/mol. The molecule has 12 heteroatoms. The molecule has 0 aliphatic carbocycles. The van der Waals surface area contributed by atoms with Gasteiger partial charge < -0.3 is 5.32 Å². The smallest absolute Gasteiger partial charge is 0.318 e. The van der Waals surface area contributed by atoms with Crippen LogP contribution in [0.3, 0.4) is 0 Å². The van der Waals surface area contributed by atoms with Crippen LogP contribution >= 0.6 is 34.8 Å². The van der Waals surface area contributed by atoms with Crippen molar-refractivity contribution in [3.05, 3.63) is 75.1 Å². The van der Waals surface area contributed by atoms with Crippen LogP contribution in [0.4, 0.5) is 18.9 Å². The summed E-state index contributed by atoms with van der Waals surface area (Å²) in [6.45, 7) is 0. The molecule has 0 saturated heterocycles. The maximum absolute atomic E-state index is 13.7. The van der Waals surface area contributed by atoms with E-state index in [1.54, 1.807) is 0 Å². The van der Waals surface area contributed by atoms with Crippen LogP contribution in [0.25, 0.3) is 17.0 Å². The molecule has 1 N–H and O–H groups in total. The number of hydrogen-bond donors (Lipinski definition) is 1. The molecule has 31 heavy (non-hydrogen) atoms. The van der Waals surface area contributed by atoms with E-state index in [-0.39, 0.29) is 16.4 Å². The number of aromatic nitrogens is 4. The molecular formula is C19H9Cl3F3N5O. The number of benzene rings is 2. The first-order valence-corrected chi connectivity index (χ1v) is 9.62. The third kappa shape index (κ3) is 4.43. The number of alkyl halides is 3. The predicted octanol–water partition coefficient (Wildman–Crippen LogP) is 6.02. The highest BCUT2D eigenvalue weighted by molar-refractivity contribution is 6.35. The van der Waals surface area contributed by atoms with E-state index in [1.165, 1.54) is 42.5 Å². The Bertz CT molecular complexity index is 1310. The molecule has 2 aromatic heterocycles. The Hall–Kier alpha value is -2.88. The number of rotatable bonds is 3. The zero-order valence-corrected chi connectivity index (χ0v) is 17.4. The van der Waals surface area contributed by atoms with Crippen molar-refractivity contribution in [1.82, 2.24) is 19.6 Å². The molecule has 0 aliphatic rings. The lowest BCUT2D eigenvalue weighted by Crippen LogP contribution is -2.16. The van der Waals surface area contributed by atoms with Gasteiger partial charge in [-0.3, -0.25) is 4.79 Å². The van der Waals surface area contributed by atoms with E-state index < -0.39 is 29.4 Å². The molecule has 0 radical (unpaired) electrons. The summed E-state index contributed by atoms with van der Waals surface area (Å²) in [5.41, 5.74) is -0.607. The van der Waals surface area contributed by atoms with Crippen LogP contribution < -0.4 is 5.32 Å². The Kier molecular flexibility index (Phi) is 5.50. The molecule has 4 aromatic rings. The first-order chi connectivity index (χ1) is 14.6. The van der Waals surface area contributed by atoms with Crippen LogP contribution in [0.1, 0.15) is 16.3 Å². The fraction of sp³-hybridized carbons (Fsp3) is 0.0526. The van der Waals surface area contributed by atoms with Crippen molar-refractivity contribution in [1.29, 1.82) is 0 Å². The molecule has 4 rings (SSSR count). The monoisotopic (exact) mass is 485 g/mol. The lowest BCUT2D eigenvalue weighted by Gasteiger charge is -2.10.